The van der Waals surface area contributed by atoms with Gasteiger partial charge in [-0.3, -0.25) is 9.59 Å². The van der Waals surface area contributed by atoms with Gasteiger partial charge in [0.1, 0.15) is 17.4 Å². The predicted molar refractivity (Wildman–Crippen MR) is 113 cm³/mol. The number of imidazole rings is 1. The van der Waals surface area contributed by atoms with Gasteiger partial charge in [0, 0.05) is 25.1 Å². The molecule has 3 heterocycles. The maximum absolute atomic E-state index is 13.3. The average Bonchev–Trinajstić information content (AvgIpc) is 3.46. The van der Waals surface area contributed by atoms with Crippen molar-refractivity contribution in [1.29, 1.82) is 0 Å². The van der Waals surface area contributed by atoms with E-state index in [0.29, 0.717) is 30.9 Å². The third-order valence-electron chi connectivity index (χ3n) is 6.17. The van der Waals surface area contributed by atoms with Crippen molar-refractivity contribution in [1.82, 2.24) is 23.8 Å². The number of ketones is 1. The highest BCUT2D eigenvalue weighted by Gasteiger charge is 2.39. The van der Waals surface area contributed by atoms with Crippen LogP contribution >= 0.6 is 11.5 Å². The summed E-state index contributed by atoms with van der Waals surface area (Å²) in [5, 5.41) is 0.723. The number of aromatic nitrogens is 4. The maximum Gasteiger partial charge on any atom is 0.254 e. The summed E-state index contributed by atoms with van der Waals surface area (Å²) in [6, 6.07) is 5.33. The Morgan fingerprint density at radius 2 is 1.97 bits per heavy atom. The summed E-state index contributed by atoms with van der Waals surface area (Å²) < 4.78 is 19.7. The standard InChI is InChI=1S/C22H22FN5O2S/c1-12-19-18(16-4-3-5-17(16)29)25-20(21-24-13(2)26-31-21)28(19)11-10-27(12)22(30)14-6-8-15(23)9-7-14/h6-9,12,16H,3-5,10-11H2,1-2H3. The molecule has 5 rings (SSSR count). The first-order chi connectivity index (χ1) is 14.9. The van der Waals surface area contributed by atoms with E-state index in [9.17, 15) is 14.0 Å². The maximum atomic E-state index is 13.3. The number of rotatable bonds is 3. The minimum atomic E-state index is -0.375. The molecule has 1 saturated carbocycles. The zero-order chi connectivity index (χ0) is 21.7. The number of hydrogen-bond acceptors (Lipinski definition) is 6. The van der Waals surface area contributed by atoms with Gasteiger partial charge < -0.3 is 9.47 Å². The lowest BCUT2D eigenvalue weighted by Crippen LogP contribution is -2.41. The van der Waals surface area contributed by atoms with E-state index < -0.39 is 0 Å². The Balaban J connectivity index is 1.58. The smallest absolute Gasteiger partial charge is 0.254 e. The van der Waals surface area contributed by atoms with Gasteiger partial charge in [-0.05, 0) is 62.5 Å². The number of hydrogen-bond donors (Lipinski definition) is 0. The molecule has 1 aromatic carbocycles. The molecular formula is C22H22FN5O2S. The van der Waals surface area contributed by atoms with E-state index in [4.69, 9.17) is 4.98 Å². The van der Waals surface area contributed by atoms with E-state index in [-0.39, 0.29) is 29.5 Å². The molecule has 31 heavy (non-hydrogen) atoms. The molecule has 1 fully saturated rings. The molecule has 2 aliphatic rings. The van der Waals surface area contributed by atoms with Crippen LogP contribution in [0.25, 0.3) is 10.8 Å². The van der Waals surface area contributed by atoms with E-state index in [2.05, 4.69) is 13.9 Å². The highest BCUT2D eigenvalue weighted by atomic mass is 32.1. The van der Waals surface area contributed by atoms with Crippen LogP contribution in [0, 0.1) is 12.7 Å². The number of Topliss-reactive ketones (excluding diaryl/α,β-unsaturated/α-hetero) is 1. The van der Waals surface area contributed by atoms with Crippen LogP contribution in [0.5, 0.6) is 0 Å². The monoisotopic (exact) mass is 439 g/mol. The largest absolute Gasteiger partial charge is 0.329 e. The molecular weight excluding hydrogens is 417 g/mol. The first-order valence-electron chi connectivity index (χ1n) is 10.4. The van der Waals surface area contributed by atoms with E-state index >= 15 is 0 Å². The third kappa shape index (κ3) is 3.37. The summed E-state index contributed by atoms with van der Waals surface area (Å²) >= 11 is 1.29. The van der Waals surface area contributed by atoms with Crippen LogP contribution in [0.4, 0.5) is 4.39 Å². The summed E-state index contributed by atoms with van der Waals surface area (Å²) in [6.07, 6.45) is 2.20. The van der Waals surface area contributed by atoms with Crippen LogP contribution in [-0.4, -0.2) is 42.0 Å². The molecule has 7 nitrogen and oxygen atoms in total. The molecule has 1 amide bonds. The predicted octanol–water partition coefficient (Wildman–Crippen LogP) is 3.90. The number of carbonyl (C=O) groups is 2. The number of halogens is 1. The number of benzene rings is 1. The van der Waals surface area contributed by atoms with Crippen molar-refractivity contribution in [3.63, 3.8) is 0 Å². The lowest BCUT2D eigenvalue weighted by Gasteiger charge is -2.36. The van der Waals surface area contributed by atoms with Crippen LogP contribution in [0.1, 0.15) is 65.7 Å². The van der Waals surface area contributed by atoms with Crippen LogP contribution in [0.3, 0.4) is 0 Å². The SMILES string of the molecule is Cc1nsc(-c2nc(C3CCCC3=O)c3n2CCN(C(=O)c2ccc(F)cc2)C3C)n1. The molecule has 2 atom stereocenters. The zero-order valence-corrected chi connectivity index (χ0v) is 18.2. The van der Waals surface area contributed by atoms with Gasteiger partial charge in [-0.1, -0.05) is 0 Å². The Kier molecular flexibility index (Phi) is 4.92. The van der Waals surface area contributed by atoms with Gasteiger partial charge in [-0.2, -0.15) is 4.37 Å². The van der Waals surface area contributed by atoms with Gasteiger partial charge in [-0.25, -0.2) is 14.4 Å². The van der Waals surface area contributed by atoms with Gasteiger partial charge in [0.25, 0.3) is 5.91 Å². The first kappa shape index (κ1) is 20.0. The van der Waals surface area contributed by atoms with Crippen LogP contribution in [0.15, 0.2) is 24.3 Å². The second-order valence-electron chi connectivity index (χ2n) is 8.10. The molecule has 0 bridgehead atoms. The molecule has 0 saturated heterocycles. The molecule has 160 valence electrons. The molecule has 2 aromatic heterocycles. The second-order valence-corrected chi connectivity index (χ2v) is 8.85. The first-order valence-corrected chi connectivity index (χ1v) is 11.2. The summed E-state index contributed by atoms with van der Waals surface area (Å²) in [7, 11) is 0. The molecule has 0 N–H and O–H groups in total. The average molecular weight is 440 g/mol. The number of amides is 1. The Bertz CT molecular complexity index is 1170. The molecule has 1 aliphatic heterocycles. The number of nitrogens with zero attached hydrogens (tertiary/aromatic N) is 5. The van der Waals surface area contributed by atoms with E-state index in [0.717, 1.165) is 35.1 Å². The topological polar surface area (TPSA) is 81.0 Å². The number of carbonyl (C=O) groups excluding carboxylic acids is 2. The van der Waals surface area contributed by atoms with Gasteiger partial charge >= 0.3 is 0 Å². The van der Waals surface area contributed by atoms with Crippen molar-refractivity contribution in [3.05, 3.63) is 52.9 Å². The van der Waals surface area contributed by atoms with Crippen molar-refractivity contribution < 1.29 is 14.0 Å². The number of aryl methyl sites for hydroxylation is 1. The van der Waals surface area contributed by atoms with Gasteiger partial charge in [0.15, 0.2) is 10.8 Å². The fourth-order valence-electron chi connectivity index (χ4n) is 4.65. The van der Waals surface area contributed by atoms with E-state index in [1.165, 1.54) is 35.8 Å². The lowest BCUT2D eigenvalue weighted by molar-refractivity contribution is -0.118. The Morgan fingerprint density at radius 1 is 1.19 bits per heavy atom. The highest BCUT2D eigenvalue weighted by molar-refractivity contribution is 7.09. The summed E-state index contributed by atoms with van der Waals surface area (Å²) in [5.74, 6) is 0.837. The van der Waals surface area contributed by atoms with Crippen LogP contribution in [-0.2, 0) is 11.3 Å². The third-order valence-corrected chi connectivity index (χ3v) is 6.97. The fourth-order valence-corrected chi connectivity index (χ4v) is 5.32. The molecule has 1 aliphatic carbocycles. The second kappa shape index (κ2) is 7.64. The van der Waals surface area contributed by atoms with Gasteiger partial charge in [-0.15, -0.1) is 0 Å². The Morgan fingerprint density at radius 3 is 2.61 bits per heavy atom. The minimum absolute atomic E-state index is 0.156. The molecule has 0 spiro atoms. The summed E-state index contributed by atoms with van der Waals surface area (Å²) in [6.45, 7) is 4.84. The molecule has 0 radical (unpaired) electrons. The van der Waals surface area contributed by atoms with E-state index in [1.54, 1.807) is 4.90 Å². The van der Waals surface area contributed by atoms with Crippen molar-refractivity contribution in [2.45, 2.75) is 51.6 Å². The van der Waals surface area contributed by atoms with Crippen LogP contribution in [0.2, 0.25) is 0 Å². The minimum Gasteiger partial charge on any atom is -0.329 e. The van der Waals surface area contributed by atoms with Crippen LogP contribution < -0.4 is 0 Å². The van der Waals surface area contributed by atoms with E-state index in [1.807, 2.05) is 13.8 Å². The van der Waals surface area contributed by atoms with Crippen molar-refractivity contribution >= 4 is 23.2 Å². The number of fused-ring (bicyclic) bond motifs is 1. The Hall–Kier alpha value is -2.94. The van der Waals surface area contributed by atoms with Crippen molar-refractivity contribution in [2.24, 2.45) is 0 Å². The Labute approximate surface area is 183 Å². The summed E-state index contributed by atoms with van der Waals surface area (Å²) in [4.78, 5) is 37.0. The molecule has 9 heteroatoms. The zero-order valence-electron chi connectivity index (χ0n) is 17.3. The van der Waals surface area contributed by atoms with Crippen molar-refractivity contribution in [2.75, 3.05) is 6.54 Å². The molecule has 2 unspecified atom stereocenters. The lowest BCUT2D eigenvalue weighted by atomic mass is 9.96. The fraction of sp³-hybridized carbons (Fsp3) is 0.409. The quantitative estimate of drug-likeness (QED) is 0.618. The highest BCUT2D eigenvalue weighted by Crippen LogP contribution is 2.41. The van der Waals surface area contributed by atoms with Crippen molar-refractivity contribution in [3.8, 4) is 10.8 Å². The van der Waals surface area contributed by atoms with Gasteiger partial charge in [0.2, 0.25) is 0 Å². The normalized spacial score (nSPS) is 20.9. The molecule has 3 aromatic rings. The van der Waals surface area contributed by atoms with Gasteiger partial charge in [0.05, 0.1) is 23.3 Å². The summed E-state index contributed by atoms with van der Waals surface area (Å²) in [5.41, 5.74) is 2.10.